The minimum absolute atomic E-state index is 0.00750. The third-order valence-electron chi connectivity index (χ3n) is 4.17. The molecule has 24 heavy (non-hydrogen) atoms. The van der Waals surface area contributed by atoms with Gasteiger partial charge in [0.2, 0.25) is 0 Å². The van der Waals surface area contributed by atoms with Gasteiger partial charge in [-0.3, -0.25) is 9.78 Å². The highest BCUT2D eigenvalue weighted by molar-refractivity contribution is 6.20. The Morgan fingerprint density at radius 3 is 2.42 bits per heavy atom. The van der Waals surface area contributed by atoms with E-state index in [4.69, 9.17) is 0 Å². The second-order valence-electron chi connectivity index (χ2n) is 5.83. The second kappa shape index (κ2) is 5.78. The first-order valence-corrected chi connectivity index (χ1v) is 7.87. The first-order chi connectivity index (χ1) is 11.7. The molecule has 0 fully saturated rings. The molecule has 2 aromatic heterocycles. The number of pyridine rings is 1. The van der Waals surface area contributed by atoms with Crippen LogP contribution in [0.4, 0.5) is 0 Å². The molecule has 116 valence electrons. The summed E-state index contributed by atoms with van der Waals surface area (Å²) in [5, 5.41) is 0.920. The van der Waals surface area contributed by atoms with Crippen LogP contribution in [0.3, 0.4) is 0 Å². The van der Waals surface area contributed by atoms with Gasteiger partial charge in [-0.1, -0.05) is 54.1 Å². The Labute approximate surface area is 140 Å². The molecular formula is C21H16N2O. The summed E-state index contributed by atoms with van der Waals surface area (Å²) < 4.78 is 0. The van der Waals surface area contributed by atoms with Crippen LogP contribution in [-0.4, -0.2) is 15.8 Å². The molecule has 0 aliphatic heterocycles. The van der Waals surface area contributed by atoms with Crippen molar-refractivity contribution in [1.29, 1.82) is 0 Å². The van der Waals surface area contributed by atoms with Crippen LogP contribution in [0, 0.1) is 6.92 Å². The monoisotopic (exact) mass is 312 g/mol. The fraction of sp³-hybridized carbons (Fsp3) is 0.0476. The fourth-order valence-electron chi connectivity index (χ4n) is 2.93. The number of benzene rings is 2. The number of carbonyl (C=O) groups is 1. The number of rotatable bonds is 3. The van der Waals surface area contributed by atoms with Crippen molar-refractivity contribution in [3.05, 3.63) is 89.6 Å². The first-order valence-electron chi connectivity index (χ1n) is 7.87. The Morgan fingerprint density at radius 1 is 0.917 bits per heavy atom. The van der Waals surface area contributed by atoms with Gasteiger partial charge in [0.25, 0.3) is 0 Å². The van der Waals surface area contributed by atoms with Gasteiger partial charge in [0.1, 0.15) is 0 Å². The summed E-state index contributed by atoms with van der Waals surface area (Å²) in [5.41, 5.74) is 4.96. The highest BCUT2D eigenvalue weighted by Crippen LogP contribution is 2.31. The van der Waals surface area contributed by atoms with Crippen molar-refractivity contribution in [1.82, 2.24) is 9.97 Å². The highest BCUT2D eigenvalue weighted by atomic mass is 16.1. The lowest BCUT2D eigenvalue weighted by atomic mass is 9.98. The maximum Gasteiger partial charge on any atom is 0.195 e. The highest BCUT2D eigenvalue weighted by Gasteiger charge is 2.21. The maximum atomic E-state index is 13.2. The van der Waals surface area contributed by atoms with Crippen LogP contribution in [0.25, 0.3) is 22.3 Å². The number of aromatic nitrogens is 2. The molecule has 0 atom stereocenters. The molecule has 0 unspecified atom stereocenters. The normalized spacial score (nSPS) is 10.9. The van der Waals surface area contributed by atoms with Crippen LogP contribution in [0.2, 0.25) is 0 Å². The molecule has 3 nitrogen and oxygen atoms in total. The van der Waals surface area contributed by atoms with E-state index in [1.807, 2.05) is 73.7 Å². The lowest BCUT2D eigenvalue weighted by Gasteiger charge is -2.05. The summed E-state index contributed by atoms with van der Waals surface area (Å²) in [6.45, 7) is 2.01. The summed E-state index contributed by atoms with van der Waals surface area (Å²) in [6, 6.07) is 21.2. The molecule has 3 heteroatoms. The number of para-hydroxylation sites is 1. The molecule has 0 aliphatic rings. The van der Waals surface area contributed by atoms with Crippen LogP contribution in [0.5, 0.6) is 0 Å². The van der Waals surface area contributed by atoms with Gasteiger partial charge in [-0.25, -0.2) is 0 Å². The Hall–Kier alpha value is -3.20. The summed E-state index contributed by atoms with van der Waals surface area (Å²) in [4.78, 5) is 20.9. The largest absolute Gasteiger partial charge is 0.353 e. The molecule has 0 aliphatic carbocycles. The summed E-state index contributed by atoms with van der Waals surface area (Å²) >= 11 is 0. The van der Waals surface area contributed by atoms with Gasteiger partial charge in [0, 0.05) is 22.7 Å². The van der Waals surface area contributed by atoms with E-state index >= 15 is 0 Å². The van der Waals surface area contributed by atoms with Crippen LogP contribution < -0.4 is 0 Å². The van der Waals surface area contributed by atoms with E-state index < -0.39 is 0 Å². The van der Waals surface area contributed by atoms with Crippen LogP contribution in [-0.2, 0) is 0 Å². The minimum Gasteiger partial charge on any atom is -0.353 e. The van der Waals surface area contributed by atoms with E-state index in [-0.39, 0.29) is 5.78 Å². The zero-order valence-corrected chi connectivity index (χ0v) is 13.3. The predicted octanol–water partition coefficient (Wildman–Crippen LogP) is 4.77. The SMILES string of the molecule is Cc1ccc(C(=O)c2c(-c3ccccn3)[nH]c3ccccc23)cc1. The molecule has 4 aromatic rings. The van der Waals surface area contributed by atoms with Crippen LogP contribution >= 0.6 is 0 Å². The minimum atomic E-state index is 0.00750. The van der Waals surface area contributed by atoms with E-state index in [9.17, 15) is 4.79 Å². The quantitative estimate of drug-likeness (QED) is 0.554. The van der Waals surface area contributed by atoms with Gasteiger partial charge in [-0.15, -0.1) is 0 Å². The molecule has 0 spiro atoms. The molecule has 4 rings (SSSR count). The molecule has 2 heterocycles. The molecule has 0 bridgehead atoms. The van der Waals surface area contributed by atoms with Crippen molar-refractivity contribution < 1.29 is 4.79 Å². The number of carbonyl (C=O) groups excluding carboxylic acids is 1. The first kappa shape index (κ1) is 14.4. The third-order valence-corrected chi connectivity index (χ3v) is 4.17. The Bertz CT molecular complexity index is 1010. The molecule has 2 aromatic carbocycles. The molecule has 1 N–H and O–H groups in total. The number of aryl methyl sites for hydroxylation is 1. The van der Waals surface area contributed by atoms with Gasteiger partial charge in [-0.2, -0.15) is 0 Å². The summed E-state index contributed by atoms with van der Waals surface area (Å²) in [6.07, 6.45) is 1.74. The number of nitrogens with zero attached hydrogens (tertiary/aromatic N) is 1. The Kier molecular flexibility index (Phi) is 3.47. The van der Waals surface area contributed by atoms with Crippen LogP contribution in [0.15, 0.2) is 72.9 Å². The number of nitrogens with one attached hydrogen (secondary N) is 1. The van der Waals surface area contributed by atoms with Gasteiger partial charge in [0.15, 0.2) is 5.78 Å². The Morgan fingerprint density at radius 2 is 1.67 bits per heavy atom. The van der Waals surface area contributed by atoms with Crippen molar-refractivity contribution in [2.24, 2.45) is 0 Å². The lowest BCUT2D eigenvalue weighted by molar-refractivity contribution is 0.104. The van der Waals surface area contributed by atoms with Gasteiger partial charge >= 0.3 is 0 Å². The smallest absolute Gasteiger partial charge is 0.195 e. The van der Waals surface area contributed by atoms with Gasteiger partial charge in [0.05, 0.1) is 17.0 Å². The average Bonchev–Trinajstić information content (AvgIpc) is 3.02. The lowest BCUT2D eigenvalue weighted by Crippen LogP contribution is -2.03. The third kappa shape index (κ3) is 2.40. The zero-order valence-electron chi connectivity index (χ0n) is 13.3. The zero-order chi connectivity index (χ0) is 16.5. The number of hydrogen-bond donors (Lipinski definition) is 1. The van der Waals surface area contributed by atoms with E-state index in [1.165, 1.54) is 0 Å². The van der Waals surface area contributed by atoms with Gasteiger partial charge in [-0.05, 0) is 25.1 Å². The number of aromatic amines is 1. The molecular weight excluding hydrogens is 296 g/mol. The van der Waals surface area contributed by atoms with Crippen molar-refractivity contribution in [3.63, 3.8) is 0 Å². The number of H-pyrrole nitrogens is 1. The molecule has 0 saturated carbocycles. The molecule has 0 amide bonds. The number of fused-ring (bicyclic) bond motifs is 1. The van der Waals surface area contributed by atoms with E-state index in [1.54, 1.807) is 6.20 Å². The van der Waals surface area contributed by atoms with Crippen molar-refractivity contribution in [2.45, 2.75) is 6.92 Å². The summed E-state index contributed by atoms with van der Waals surface area (Å²) in [5.74, 6) is 0.00750. The van der Waals surface area contributed by atoms with E-state index in [0.29, 0.717) is 11.1 Å². The molecule has 0 radical (unpaired) electrons. The maximum absolute atomic E-state index is 13.2. The van der Waals surface area contributed by atoms with E-state index in [0.717, 1.165) is 27.9 Å². The number of ketones is 1. The van der Waals surface area contributed by atoms with Crippen LogP contribution in [0.1, 0.15) is 21.5 Å². The van der Waals surface area contributed by atoms with Crippen molar-refractivity contribution in [3.8, 4) is 11.4 Å². The summed E-state index contributed by atoms with van der Waals surface area (Å²) in [7, 11) is 0. The standard InChI is InChI=1S/C21H16N2O/c1-14-9-11-15(12-10-14)21(24)19-16-6-2-3-7-17(16)23-20(19)18-8-4-5-13-22-18/h2-13,23H,1H3. The second-order valence-corrected chi connectivity index (χ2v) is 5.83. The average molecular weight is 312 g/mol. The van der Waals surface area contributed by atoms with Crippen molar-refractivity contribution >= 4 is 16.7 Å². The van der Waals surface area contributed by atoms with Crippen molar-refractivity contribution in [2.75, 3.05) is 0 Å². The predicted molar refractivity (Wildman–Crippen MR) is 96.1 cm³/mol. The van der Waals surface area contributed by atoms with E-state index in [2.05, 4.69) is 9.97 Å². The number of hydrogen-bond acceptors (Lipinski definition) is 2. The van der Waals surface area contributed by atoms with Gasteiger partial charge < -0.3 is 4.98 Å². The fourth-order valence-corrected chi connectivity index (χ4v) is 2.93. The topological polar surface area (TPSA) is 45.8 Å². The molecule has 0 saturated heterocycles. The Balaban J connectivity index is 1.96.